The summed E-state index contributed by atoms with van der Waals surface area (Å²) < 4.78 is 0. The van der Waals surface area contributed by atoms with E-state index in [1.165, 1.54) is 17.8 Å². The zero-order valence-corrected chi connectivity index (χ0v) is 11.3. The van der Waals surface area contributed by atoms with Crippen molar-refractivity contribution in [3.63, 3.8) is 0 Å². The first-order chi connectivity index (χ1) is 8.58. The highest BCUT2D eigenvalue weighted by atomic mass is 35.5. The van der Waals surface area contributed by atoms with E-state index < -0.39 is 4.92 Å². The molecule has 0 aliphatic rings. The Balaban J connectivity index is 2.34. The Morgan fingerprint density at radius 2 is 1.78 bits per heavy atom. The van der Waals surface area contributed by atoms with Crippen molar-refractivity contribution in [2.45, 2.75) is 9.79 Å². The minimum atomic E-state index is -0.403. The van der Waals surface area contributed by atoms with Gasteiger partial charge in [-0.2, -0.15) is 0 Å². The lowest BCUT2D eigenvalue weighted by atomic mass is 10.3. The summed E-state index contributed by atoms with van der Waals surface area (Å²) in [5, 5.41) is 11.8. The number of rotatable bonds is 3. The number of nitro benzene ring substituents is 1. The number of halogens is 2. The minimum Gasteiger partial charge on any atom is -0.258 e. The van der Waals surface area contributed by atoms with Crippen LogP contribution in [0.5, 0.6) is 0 Å². The maximum absolute atomic E-state index is 10.9. The molecule has 0 aliphatic carbocycles. The second-order valence-corrected chi connectivity index (χ2v) is 5.33. The van der Waals surface area contributed by atoms with Crippen LogP contribution >= 0.6 is 35.0 Å². The van der Waals surface area contributed by atoms with Crippen LogP contribution in [0.4, 0.5) is 5.69 Å². The smallest absolute Gasteiger partial charge is 0.258 e. The van der Waals surface area contributed by atoms with E-state index in [1.54, 1.807) is 36.4 Å². The Bertz CT molecular complexity index is 604. The Morgan fingerprint density at radius 1 is 1.06 bits per heavy atom. The fraction of sp³-hybridized carbons (Fsp3) is 0. The van der Waals surface area contributed by atoms with Crippen molar-refractivity contribution in [1.29, 1.82) is 0 Å². The van der Waals surface area contributed by atoms with Gasteiger partial charge in [0.05, 0.1) is 19.9 Å². The van der Waals surface area contributed by atoms with E-state index in [0.717, 1.165) is 4.90 Å². The molecule has 6 heteroatoms. The second kappa shape index (κ2) is 5.61. The van der Waals surface area contributed by atoms with Gasteiger partial charge < -0.3 is 0 Å². The van der Waals surface area contributed by atoms with Crippen LogP contribution in [0.2, 0.25) is 10.0 Å². The molecule has 0 aromatic heterocycles. The van der Waals surface area contributed by atoms with Crippen LogP contribution in [0, 0.1) is 10.1 Å². The van der Waals surface area contributed by atoms with Crippen molar-refractivity contribution in [2.24, 2.45) is 0 Å². The van der Waals surface area contributed by atoms with Gasteiger partial charge in [-0.3, -0.25) is 10.1 Å². The number of nitro groups is 1. The van der Waals surface area contributed by atoms with Gasteiger partial charge in [-0.25, -0.2) is 0 Å². The third kappa shape index (κ3) is 2.96. The van der Waals surface area contributed by atoms with Gasteiger partial charge in [-0.05, 0) is 24.3 Å². The van der Waals surface area contributed by atoms with Gasteiger partial charge in [0, 0.05) is 11.0 Å². The fourth-order valence-electron chi connectivity index (χ4n) is 1.36. The number of benzene rings is 2. The standard InChI is InChI=1S/C12H7Cl2NO2S/c13-9-6-5-8(7-10(9)14)18-12-4-2-1-3-11(12)15(16)17/h1-7H. The molecule has 0 saturated carbocycles. The van der Waals surface area contributed by atoms with Crippen LogP contribution in [0.3, 0.4) is 0 Å². The molecule has 2 rings (SSSR count). The molecule has 0 saturated heterocycles. The van der Waals surface area contributed by atoms with Gasteiger partial charge in [0.2, 0.25) is 0 Å². The van der Waals surface area contributed by atoms with Crippen molar-refractivity contribution < 1.29 is 4.92 Å². The predicted molar refractivity (Wildman–Crippen MR) is 73.7 cm³/mol. The van der Waals surface area contributed by atoms with Crippen LogP contribution in [0.25, 0.3) is 0 Å². The molecule has 0 atom stereocenters. The van der Waals surface area contributed by atoms with Gasteiger partial charge >= 0.3 is 0 Å². The Labute approximate surface area is 118 Å². The van der Waals surface area contributed by atoms with Crippen LogP contribution in [-0.2, 0) is 0 Å². The largest absolute Gasteiger partial charge is 0.283 e. The van der Waals surface area contributed by atoms with E-state index in [2.05, 4.69) is 0 Å². The molecular weight excluding hydrogens is 293 g/mol. The SMILES string of the molecule is O=[N+]([O-])c1ccccc1Sc1ccc(Cl)c(Cl)c1. The summed E-state index contributed by atoms with van der Waals surface area (Å²) in [5.74, 6) is 0. The number of para-hydroxylation sites is 1. The van der Waals surface area contributed by atoms with Gasteiger partial charge in [0.15, 0.2) is 0 Å². The normalized spacial score (nSPS) is 10.3. The van der Waals surface area contributed by atoms with E-state index in [9.17, 15) is 10.1 Å². The average molecular weight is 300 g/mol. The molecule has 2 aromatic rings. The molecule has 0 aliphatic heterocycles. The van der Waals surface area contributed by atoms with Crippen molar-refractivity contribution in [3.8, 4) is 0 Å². The molecule has 0 radical (unpaired) electrons. The molecule has 2 aromatic carbocycles. The van der Waals surface area contributed by atoms with Gasteiger partial charge in [0.25, 0.3) is 5.69 Å². The summed E-state index contributed by atoms with van der Waals surface area (Å²) in [6.45, 7) is 0. The van der Waals surface area contributed by atoms with Crippen LogP contribution in [0.15, 0.2) is 52.3 Å². The maximum Gasteiger partial charge on any atom is 0.283 e. The minimum absolute atomic E-state index is 0.0774. The van der Waals surface area contributed by atoms with Gasteiger partial charge in [-0.15, -0.1) is 0 Å². The highest BCUT2D eigenvalue weighted by Gasteiger charge is 2.13. The lowest BCUT2D eigenvalue weighted by Gasteiger charge is -2.04. The van der Waals surface area contributed by atoms with E-state index in [-0.39, 0.29) is 5.69 Å². The molecular formula is C12H7Cl2NO2S. The third-order valence-electron chi connectivity index (χ3n) is 2.18. The topological polar surface area (TPSA) is 43.1 Å². The Hall–Kier alpha value is -1.23. The van der Waals surface area contributed by atoms with E-state index >= 15 is 0 Å². The van der Waals surface area contributed by atoms with E-state index in [1.807, 2.05) is 0 Å². The lowest BCUT2D eigenvalue weighted by Crippen LogP contribution is -1.89. The highest BCUT2D eigenvalue weighted by Crippen LogP contribution is 2.36. The fourth-order valence-corrected chi connectivity index (χ4v) is 2.68. The summed E-state index contributed by atoms with van der Waals surface area (Å²) >= 11 is 13.0. The van der Waals surface area contributed by atoms with Crippen molar-refractivity contribution in [1.82, 2.24) is 0 Å². The molecule has 0 unspecified atom stereocenters. The summed E-state index contributed by atoms with van der Waals surface area (Å²) in [5.41, 5.74) is 0.0774. The molecule has 0 fully saturated rings. The van der Waals surface area contributed by atoms with E-state index in [4.69, 9.17) is 23.2 Å². The van der Waals surface area contributed by atoms with Gasteiger partial charge in [-0.1, -0.05) is 47.1 Å². The number of hydrogen-bond acceptors (Lipinski definition) is 3. The maximum atomic E-state index is 10.9. The summed E-state index contributed by atoms with van der Waals surface area (Å²) in [6, 6.07) is 11.7. The molecule has 0 spiro atoms. The predicted octanol–water partition coefficient (Wildman–Crippen LogP) is 5.05. The van der Waals surface area contributed by atoms with Crippen molar-refractivity contribution in [2.75, 3.05) is 0 Å². The van der Waals surface area contributed by atoms with Crippen LogP contribution < -0.4 is 0 Å². The Kier molecular flexibility index (Phi) is 4.11. The highest BCUT2D eigenvalue weighted by molar-refractivity contribution is 7.99. The first kappa shape index (κ1) is 13.2. The molecule has 0 amide bonds. The van der Waals surface area contributed by atoms with Crippen LogP contribution in [-0.4, -0.2) is 4.92 Å². The quantitative estimate of drug-likeness (QED) is 0.588. The van der Waals surface area contributed by atoms with E-state index in [0.29, 0.717) is 14.9 Å². The first-order valence-corrected chi connectivity index (χ1v) is 6.51. The molecule has 92 valence electrons. The number of hydrogen-bond donors (Lipinski definition) is 0. The Morgan fingerprint density at radius 3 is 2.44 bits per heavy atom. The second-order valence-electron chi connectivity index (χ2n) is 3.40. The lowest BCUT2D eigenvalue weighted by molar-refractivity contribution is -0.387. The zero-order valence-electron chi connectivity index (χ0n) is 8.97. The van der Waals surface area contributed by atoms with Crippen LogP contribution in [0.1, 0.15) is 0 Å². The monoisotopic (exact) mass is 299 g/mol. The molecule has 18 heavy (non-hydrogen) atoms. The zero-order chi connectivity index (χ0) is 13.1. The summed E-state index contributed by atoms with van der Waals surface area (Å²) in [6.07, 6.45) is 0. The van der Waals surface area contributed by atoms with Gasteiger partial charge in [0.1, 0.15) is 0 Å². The molecule has 0 bridgehead atoms. The van der Waals surface area contributed by atoms with Crippen molar-refractivity contribution in [3.05, 3.63) is 62.6 Å². The first-order valence-electron chi connectivity index (χ1n) is 4.94. The summed E-state index contributed by atoms with van der Waals surface area (Å²) in [4.78, 5) is 11.8. The summed E-state index contributed by atoms with van der Waals surface area (Å²) in [7, 11) is 0. The molecule has 0 heterocycles. The van der Waals surface area contributed by atoms with Crippen molar-refractivity contribution >= 4 is 40.7 Å². The number of nitrogens with zero attached hydrogens (tertiary/aromatic N) is 1. The molecule has 3 nitrogen and oxygen atoms in total. The third-order valence-corrected chi connectivity index (χ3v) is 3.97. The average Bonchev–Trinajstić information content (AvgIpc) is 2.34. The molecule has 0 N–H and O–H groups in total.